The maximum Gasteiger partial charge on any atom is 0.138 e. The summed E-state index contributed by atoms with van der Waals surface area (Å²) in [5, 5.41) is 9.59. The van der Waals surface area contributed by atoms with E-state index in [1.54, 1.807) is 0 Å². The van der Waals surface area contributed by atoms with Crippen LogP contribution in [0.5, 0.6) is 0 Å². The number of hydrogen-bond donors (Lipinski definition) is 0. The van der Waals surface area contributed by atoms with Gasteiger partial charge >= 0.3 is 0 Å². The normalized spacial score (nSPS) is 18.3. The molecule has 0 unspecified atom stereocenters. The topological polar surface area (TPSA) is 32.8 Å². The molecule has 19 rings (SSSR count). The molecule has 85 heavy (non-hydrogen) atoms. The Labute approximate surface area is 499 Å². The Morgan fingerprint density at radius 3 is 1.19 bits per heavy atom. The van der Waals surface area contributed by atoms with Gasteiger partial charge in [0.05, 0.1) is 44.9 Å². The van der Waals surface area contributed by atoms with Gasteiger partial charge in [-0.15, -0.1) is 0 Å². The van der Waals surface area contributed by atoms with Crippen molar-refractivity contribution in [3.8, 4) is 22.3 Å². The lowest BCUT2D eigenvalue weighted by Gasteiger charge is -2.63. The van der Waals surface area contributed by atoms with Crippen LogP contribution in [0.2, 0.25) is 0 Å². The van der Waals surface area contributed by atoms with Crippen LogP contribution in [0.25, 0.3) is 87.7 Å². The zero-order valence-electron chi connectivity index (χ0n) is 47.6. The van der Waals surface area contributed by atoms with Crippen molar-refractivity contribution in [3.63, 3.8) is 0 Å². The van der Waals surface area contributed by atoms with Crippen LogP contribution in [0.3, 0.4) is 0 Å². The molecule has 12 aromatic carbocycles. The smallest absolute Gasteiger partial charge is 0.138 e. The summed E-state index contributed by atoms with van der Waals surface area (Å²) in [5.41, 5.74) is 20.2. The highest BCUT2D eigenvalue weighted by Gasteiger charge is 2.61. The summed E-state index contributed by atoms with van der Waals surface area (Å²) in [6.07, 6.45) is 6.31. The van der Waals surface area contributed by atoms with E-state index in [1.807, 2.05) is 11.8 Å². The lowest BCUT2D eigenvalue weighted by Crippen LogP contribution is -2.57. The van der Waals surface area contributed by atoms with Gasteiger partial charge in [-0.1, -0.05) is 206 Å². The minimum atomic E-state index is -0.299. The zero-order valence-corrected chi connectivity index (χ0v) is 48.4. The molecule has 3 heterocycles. The van der Waals surface area contributed by atoms with Crippen molar-refractivity contribution in [3.05, 3.63) is 265 Å². The van der Waals surface area contributed by atoms with E-state index in [9.17, 15) is 0 Å². The number of rotatable bonds is 8. The molecular weight excluding hydrogens is 1050 g/mol. The molecule has 5 aliphatic rings. The monoisotopic (exact) mass is 1110 g/mol. The Hall–Kier alpha value is -9.29. The first-order chi connectivity index (χ1) is 42.0. The van der Waals surface area contributed by atoms with Gasteiger partial charge in [-0.25, -0.2) is 0 Å². The van der Waals surface area contributed by atoms with Crippen molar-refractivity contribution in [2.75, 3.05) is 9.80 Å². The lowest BCUT2D eigenvalue weighted by molar-refractivity contribution is -0.0441. The fourth-order valence-corrected chi connectivity index (χ4v) is 18.5. The summed E-state index contributed by atoms with van der Waals surface area (Å²) < 4.78 is 13.8. The van der Waals surface area contributed by atoms with Gasteiger partial charge in [-0.3, -0.25) is 0 Å². The molecule has 4 aliphatic carbocycles. The van der Waals surface area contributed by atoms with Gasteiger partial charge in [0.15, 0.2) is 0 Å². The lowest BCUT2D eigenvalue weighted by atomic mass is 9.42. The molecule has 1 aliphatic heterocycles. The summed E-state index contributed by atoms with van der Waals surface area (Å²) in [4.78, 5) is 8.07. The van der Waals surface area contributed by atoms with E-state index in [2.05, 4.69) is 266 Å². The van der Waals surface area contributed by atoms with Crippen LogP contribution >= 0.6 is 11.8 Å². The largest absolute Gasteiger partial charge is 0.456 e. The molecule has 0 saturated heterocycles. The number of hydrogen-bond acceptors (Lipinski definition) is 5. The number of benzene rings is 12. The van der Waals surface area contributed by atoms with E-state index in [4.69, 9.17) is 8.83 Å². The Balaban J connectivity index is 0.964. The fourth-order valence-electron chi connectivity index (χ4n) is 17.1. The highest BCUT2D eigenvalue weighted by Crippen LogP contribution is 2.71. The predicted molar refractivity (Wildman–Crippen MR) is 354 cm³/mol. The SMILES string of the molecule is Cc1cccc2c1oc1cccc(N(c3ccccc3-c3ccccc3)c3cc4c(c5ccccc35)Sc3c(cc(N(c5ccccc5-c5ccccc5)c5cccc6oc7c(C)cccc7c56)c5ccccc35)C43C4CC5CC(C4)CC3C5)c12. The Bertz CT molecular complexity index is 4730. The maximum atomic E-state index is 6.90. The Morgan fingerprint density at radius 1 is 0.353 bits per heavy atom. The first-order valence-electron chi connectivity index (χ1n) is 30.5. The molecule has 408 valence electrons. The van der Waals surface area contributed by atoms with E-state index in [0.717, 1.165) is 89.6 Å². The first kappa shape index (κ1) is 49.2. The fraction of sp³-hybridized carbons (Fsp3) is 0.150. The van der Waals surface area contributed by atoms with E-state index in [-0.39, 0.29) is 5.41 Å². The molecule has 14 aromatic rings. The van der Waals surface area contributed by atoms with Gasteiger partial charge in [-0.05, 0) is 162 Å². The molecule has 4 fully saturated rings. The molecule has 4 bridgehead atoms. The van der Waals surface area contributed by atoms with Gasteiger partial charge in [0.1, 0.15) is 22.3 Å². The minimum absolute atomic E-state index is 0.299. The van der Waals surface area contributed by atoms with Gasteiger partial charge in [0.2, 0.25) is 0 Å². The van der Waals surface area contributed by atoms with Crippen LogP contribution in [0.1, 0.15) is 54.4 Å². The Kier molecular flexibility index (Phi) is 10.9. The quantitative estimate of drug-likeness (QED) is 0.151. The second-order valence-corrected chi connectivity index (χ2v) is 25.8. The maximum absolute atomic E-state index is 6.90. The van der Waals surface area contributed by atoms with Crippen LogP contribution < -0.4 is 9.80 Å². The van der Waals surface area contributed by atoms with Crippen molar-refractivity contribution in [1.29, 1.82) is 0 Å². The van der Waals surface area contributed by atoms with Crippen molar-refractivity contribution in [2.45, 2.75) is 61.2 Å². The third-order valence-corrected chi connectivity index (χ3v) is 21.6. The number of nitrogens with zero attached hydrogens (tertiary/aromatic N) is 2. The van der Waals surface area contributed by atoms with Crippen molar-refractivity contribution >= 4 is 111 Å². The first-order valence-corrected chi connectivity index (χ1v) is 31.3. The molecule has 0 atom stereocenters. The number of fused-ring (bicyclic) bond motifs is 12. The summed E-state index contributed by atoms with van der Waals surface area (Å²) in [6.45, 7) is 4.33. The summed E-state index contributed by atoms with van der Waals surface area (Å²) in [5.74, 6) is 2.38. The van der Waals surface area contributed by atoms with Crippen LogP contribution in [0, 0.1) is 37.5 Å². The average molecular weight is 1110 g/mol. The molecule has 2 aromatic heterocycles. The molecule has 1 spiro atoms. The standard InChI is InChI=1S/C80H60N2O2S/c1-48-21-17-33-62-74-68(37-19-39-72(74)83-76(48)62)81(66-35-15-13-27-56(66)52-23-5-3-6-24-52)70-46-64-78(60-31-11-9-29-58(60)70)85-79-61-32-12-10-30-59(61)71(47-65(79)80(64)54-42-50-41-51(44-54)45-55(80)43-50)82(67-36-16-14-28-57(67)53-25-7-4-8-26-53)69-38-20-40-73-75(69)63-34-18-22-49(2)77(63)84-73/h3-40,46-47,50-51,54-55H,41-45H2,1-2H3. The second-order valence-electron chi connectivity index (χ2n) is 24.8. The van der Waals surface area contributed by atoms with Crippen molar-refractivity contribution in [2.24, 2.45) is 23.7 Å². The second kappa shape index (κ2) is 18.9. The van der Waals surface area contributed by atoms with Gasteiger partial charge in [-0.2, -0.15) is 0 Å². The molecule has 0 amide bonds. The van der Waals surface area contributed by atoms with Crippen molar-refractivity contribution < 1.29 is 8.83 Å². The van der Waals surface area contributed by atoms with Gasteiger partial charge < -0.3 is 18.6 Å². The van der Waals surface area contributed by atoms with E-state index in [0.29, 0.717) is 11.8 Å². The number of para-hydroxylation sites is 4. The molecule has 4 saturated carbocycles. The molecule has 4 nitrogen and oxygen atoms in total. The third kappa shape index (κ3) is 7.17. The van der Waals surface area contributed by atoms with Crippen LogP contribution in [-0.4, -0.2) is 0 Å². The highest BCUT2D eigenvalue weighted by atomic mass is 32.2. The highest BCUT2D eigenvalue weighted by molar-refractivity contribution is 8.00. The summed E-state index contributed by atoms with van der Waals surface area (Å²) in [7, 11) is 0. The zero-order chi connectivity index (χ0) is 56.1. The number of anilines is 6. The summed E-state index contributed by atoms with van der Waals surface area (Å²) >= 11 is 2.03. The molecule has 5 heteroatoms. The van der Waals surface area contributed by atoms with Crippen LogP contribution in [-0.2, 0) is 5.41 Å². The van der Waals surface area contributed by atoms with Crippen LogP contribution in [0.4, 0.5) is 34.1 Å². The van der Waals surface area contributed by atoms with E-state index < -0.39 is 0 Å². The third-order valence-electron chi connectivity index (χ3n) is 20.3. The minimum Gasteiger partial charge on any atom is -0.456 e. The van der Waals surface area contributed by atoms with Crippen molar-refractivity contribution in [1.82, 2.24) is 0 Å². The summed E-state index contributed by atoms with van der Waals surface area (Å²) in [6, 6.07) is 90.9. The van der Waals surface area contributed by atoms with E-state index in [1.165, 1.54) is 108 Å². The molecule has 0 N–H and O–H groups in total. The Morgan fingerprint density at radius 2 is 0.729 bits per heavy atom. The molecule has 0 radical (unpaired) electrons. The molecular formula is C80H60N2O2S. The van der Waals surface area contributed by atoms with Crippen LogP contribution in [0.15, 0.2) is 261 Å². The number of furan rings is 2. The van der Waals surface area contributed by atoms with E-state index >= 15 is 0 Å². The predicted octanol–water partition coefficient (Wildman–Crippen LogP) is 22.9. The average Bonchev–Trinajstić information content (AvgIpc) is 1.99. The van der Waals surface area contributed by atoms with Gasteiger partial charge in [0.25, 0.3) is 0 Å². The van der Waals surface area contributed by atoms with Gasteiger partial charge in [0, 0.05) is 47.9 Å². The number of aryl methyl sites for hydroxylation is 2.